The van der Waals surface area contributed by atoms with Crippen LogP contribution in [0.1, 0.15) is 16.7 Å². The Morgan fingerprint density at radius 3 is 2.14 bits per heavy atom. The molecule has 0 aliphatic rings. The lowest BCUT2D eigenvalue weighted by Gasteiger charge is -2.12. The number of benzene rings is 2. The van der Waals surface area contributed by atoms with Crippen LogP contribution < -0.4 is 10.5 Å². The van der Waals surface area contributed by atoms with Crippen molar-refractivity contribution in [2.75, 3.05) is 10.5 Å². The van der Waals surface area contributed by atoms with E-state index in [2.05, 4.69) is 4.72 Å². The summed E-state index contributed by atoms with van der Waals surface area (Å²) in [5.41, 5.74) is 7.93. The number of aryl methyl sites for hydroxylation is 3. The number of rotatable bonds is 3. The van der Waals surface area contributed by atoms with E-state index in [1.165, 1.54) is 6.92 Å². The van der Waals surface area contributed by atoms with Gasteiger partial charge in [-0.05, 0) is 61.7 Å². The van der Waals surface area contributed by atoms with Gasteiger partial charge in [0, 0.05) is 5.69 Å². The van der Waals surface area contributed by atoms with Gasteiger partial charge in [-0.3, -0.25) is 4.72 Å². The number of nitrogens with one attached hydrogen (secondary N) is 1. The molecule has 6 heteroatoms. The molecule has 0 amide bonds. The summed E-state index contributed by atoms with van der Waals surface area (Å²) in [5.74, 6) is -0.627. The number of nitrogens with two attached hydrogens (primary N) is 1. The van der Waals surface area contributed by atoms with Crippen LogP contribution >= 0.6 is 0 Å². The maximum absolute atomic E-state index is 13.3. The van der Waals surface area contributed by atoms with Gasteiger partial charge < -0.3 is 5.73 Å². The maximum Gasteiger partial charge on any atom is 0.262 e. The van der Waals surface area contributed by atoms with Crippen LogP contribution in [0, 0.1) is 26.6 Å². The minimum absolute atomic E-state index is 0.0273. The first-order valence-corrected chi connectivity index (χ1v) is 7.84. The van der Waals surface area contributed by atoms with Gasteiger partial charge in [0.15, 0.2) is 0 Å². The fourth-order valence-electron chi connectivity index (χ4n) is 2.20. The minimum Gasteiger partial charge on any atom is -0.396 e. The first-order valence-electron chi connectivity index (χ1n) is 6.36. The zero-order valence-corrected chi connectivity index (χ0v) is 12.9. The van der Waals surface area contributed by atoms with Crippen LogP contribution in [0.2, 0.25) is 0 Å². The predicted molar refractivity (Wildman–Crippen MR) is 82.3 cm³/mol. The van der Waals surface area contributed by atoms with E-state index < -0.39 is 15.8 Å². The predicted octanol–water partition coefficient (Wildman–Crippen LogP) is 3.13. The van der Waals surface area contributed by atoms with E-state index in [0.717, 1.165) is 23.3 Å². The highest BCUT2D eigenvalue weighted by atomic mass is 32.2. The summed E-state index contributed by atoms with van der Waals surface area (Å²) in [4.78, 5) is -0.0273. The monoisotopic (exact) mass is 308 g/mol. The maximum atomic E-state index is 13.3. The lowest BCUT2D eigenvalue weighted by Crippen LogP contribution is -2.15. The Balaban J connectivity index is 2.45. The van der Waals surface area contributed by atoms with E-state index in [1.807, 2.05) is 19.9 Å². The summed E-state index contributed by atoms with van der Waals surface area (Å²) >= 11 is 0. The zero-order chi connectivity index (χ0) is 15.8. The van der Waals surface area contributed by atoms with E-state index in [0.29, 0.717) is 11.3 Å². The average Bonchev–Trinajstić information content (AvgIpc) is 2.31. The van der Waals surface area contributed by atoms with Crippen molar-refractivity contribution < 1.29 is 12.8 Å². The Morgan fingerprint density at radius 2 is 1.57 bits per heavy atom. The largest absolute Gasteiger partial charge is 0.396 e. The molecule has 0 saturated heterocycles. The van der Waals surface area contributed by atoms with Crippen molar-refractivity contribution in [3.63, 3.8) is 0 Å². The third-order valence-electron chi connectivity index (χ3n) is 3.06. The van der Waals surface area contributed by atoms with Gasteiger partial charge in [-0.15, -0.1) is 0 Å². The Hall–Kier alpha value is -2.08. The molecule has 2 rings (SSSR count). The molecule has 0 atom stereocenters. The molecule has 0 radical (unpaired) electrons. The van der Waals surface area contributed by atoms with Gasteiger partial charge in [0.25, 0.3) is 10.0 Å². The molecule has 2 aromatic carbocycles. The standard InChI is InChI=1S/C15H17FN2O2S/c1-9-4-10(2)6-12(5-9)18-21(19,20)15-8-14(17)13(16)7-11(15)3/h4-8,18H,17H2,1-3H3. The molecule has 112 valence electrons. The Labute approximate surface area is 123 Å². The van der Waals surface area contributed by atoms with Crippen molar-refractivity contribution in [2.24, 2.45) is 0 Å². The summed E-state index contributed by atoms with van der Waals surface area (Å²) in [6.07, 6.45) is 0. The van der Waals surface area contributed by atoms with Crippen LogP contribution in [0.3, 0.4) is 0 Å². The molecule has 0 aliphatic heterocycles. The molecule has 0 heterocycles. The van der Waals surface area contributed by atoms with Crippen molar-refractivity contribution in [1.29, 1.82) is 0 Å². The minimum atomic E-state index is -3.81. The average molecular weight is 308 g/mol. The van der Waals surface area contributed by atoms with Crippen LogP contribution in [-0.2, 0) is 10.0 Å². The van der Waals surface area contributed by atoms with Gasteiger partial charge in [0.2, 0.25) is 0 Å². The molecule has 0 fully saturated rings. The van der Waals surface area contributed by atoms with Crippen LogP contribution in [0.4, 0.5) is 15.8 Å². The van der Waals surface area contributed by atoms with Gasteiger partial charge in [0.1, 0.15) is 5.82 Å². The molecule has 2 aromatic rings. The van der Waals surface area contributed by atoms with Crippen molar-refractivity contribution in [3.05, 3.63) is 52.8 Å². The first-order chi connectivity index (χ1) is 9.69. The summed E-state index contributed by atoms with van der Waals surface area (Å²) in [6.45, 7) is 5.29. The number of anilines is 2. The third kappa shape index (κ3) is 3.33. The van der Waals surface area contributed by atoms with Gasteiger partial charge >= 0.3 is 0 Å². The fourth-order valence-corrected chi connectivity index (χ4v) is 3.50. The molecule has 21 heavy (non-hydrogen) atoms. The number of halogens is 1. The molecular weight excluding hydrogens is 291 g/mol. The van der Waals surface area contributed by atoms with Crippen LogP contribution in [0.25, 0.3) is 0 Å². The highest BCUT2D eigenvalue weighted by Crippen LogP contribution is 2.24. The van der Waals surface area contributed by atoms with Crippen molar-refractivity contribution >= 4 is 21.4 Å². The molecule has 0 saturated carbocycles. The van der Waals surface area contributed by atoms with E-state index in [9.17, 15) is 12.8 Å². The lowest BCUT2D eigenvalue weighted by atomic mass is 10.1. The van der Waals surface area contributed by atoms with Crippen LogP contribution in [-0.4, -0.2) is 8.42 Å². The highest BCUT2D eigenvalue weighted by Gasteiger charge is 2.19. The van der Waals surface area contributed by atoms with Crippen molar-refractivity contribution in [3.8, 4) is 0 Å². The Morgan fingerprint density at radius 1 is 1.00 bits per heavy atom. The smallest absolute Gasteiger partial charge is 0.262 e. The number of nitrogen functional groups attached to an aromatic ring is 1. The lowest BCUT2D eigenvalue weighted by molar-refractivity contribution is 0.599. The summed E-state index contributed by atoms with van der Waals surface area (Å²) in [6, 6.07) is 7.65. The fraction of sp³-hybridized carbons (Fsp3) is 0.200. The second-order valence-electron chi connectivity index (χ2n) is 5.12. The molecule has 3 N–H and O–H groups in total. The molecule has 4 nitrogen and oxygen atoms in total. The summed E-state index contributed by atoms with van der Waals surface area (Å²) < 4.78 is 40.7. The molecule has 0 unspecified atom stereocenters. The SMILES string of the molecule is Cc1cc(C)cc(NS(=O)(=O)c2cc(N)c(F)cc2C)c1. The van der Waals surface area contributed by atoms with Gasteiger partial charge in [-0.25, -0.2) is 12.8 Å². The third-order valence-corrected chi connectivity index (χ3v) is 4.58. The summed E-state index contributed by atoms with van der Waals surface area (Å²) in [7, 11) is -3.81. The zero-order valence-electron chi connectivity index (χ0n) is 12.1. The van der Waals surface area contributed by atoms with Crippen molar-refractivity contribution in [1.82, 2.24) is 0 Å². The topological polar surface area (TPSA) is 72.2 Å². The normalized spacial score (nSPS) is 11.4. The van der Waals surface area contributed by atoms with Crippen LogP contribution in [0.15, 0.2) is 35.2 Å². The van der Waals surface area contributed by atoms with Gasteiger partial charge in [-0.2, -0.15) is 0 Å². The first kappa shape index (κ1) is 15.3. The molecule has 0 bridgehead atoms. The molecule has 0 aromatic heterocycles. The second-order valence-corrected chi connectivity index (χ2v) is 6.77. The van der Waals surface area contributed by atoms with Gasteiger partial charge in [0.05, 0.1) is 10.6 Å². The van der Waals surface area contributed by atoms with E-state index in [1.54, 1.807) is 12.1 Å². The summed E-state index contributed by atoms with van der Waals surface area (Å²) in [5, 5.41) is 0. The van der Waals surface area contributed by atoms with E-state index in [-0.39, 0.29) is 10.6 Å². The van der Waals surface area contributed by atoms with Gasteiger partial charge in [-0.1, -0.05) is 6.07 Å². The second kappa shape index (κ2) is 5.37. The van der Waals surface area contributed by atoms with E-state index in [4.69, 9.17) is 5.73 Å². The molecular formula is C15H17FN2O2S. The Kier molecular flexibility index (Phi) is 3.91. The van der Waals surface area contributed by atoms with E-state index >= 15 is 0 Å². The van der Waals surface area contributed by atoms with Crippen LogP contribution in [0.5, 0.6) is 0 Å². The molecule has 0 aliphatic carbocycles. The number of sulfonamides is 1. The van der Waals surface area contributed by atoms with Crippen molar-refractivity contribution in [2.45, 2.75) is 25.7 Å². The quantitative estimate of drug-likeness (QED) is 0.856. The molecule has 0 spiro atoms. The number of hydrogen-bond donors (Lipinski definition) is 2. The number of hydrogen-bond acceptors (Lipinski definition) is 3. The highest BCUT2D eigenvalue weighted by molar-refractivity contribution is 7.92. The Bertz CT molecular complexity index is 781.